The van der Waals surface area contributed by atoms with Crippen molar-refractivity contribution in [1.29, 1.82) is 0 Å². The molecule has 2 aromatic rings. The maximum absolute atomic E-state index is 11.8. The molecule has 1 N–H and O–H groups in total. The third-order valence-electron chi connectivity index (χ3n) is 2.53. The second-order valence-electron chi connectivity index (χ2n) is 3.98. The van der Waals surface area contributed by atoms with Crippen molar-refractivity contribution in [2.24, 2.45) is 12.1 Å². The highest BCUT2D eigenvalue weighted by Gasteiger charge is 2.04. The van der Waals surface area contributed by atoms with Gasteiger partial charge in [0, 0.05) is 19.3 Å². The quantitative estimate of drug-likeness (QED) is 0.660. The van der Waals surface area contributed by atoms with Gasteiger partial charge in [0.1, 0.15) is 0 Å². The summed E-state index contributed by atoms with van der Waals surface area (Å²) >= 11 is 0. The number of aryl methyl sites for hydroxylation is 1. The average Bonchev–Trinajstić information content (AvgIpc) is 2.43. The normalized spacial score (nSPS) is 10.6. The molecule has 2 rings (SSSR count). The first-order valence-electron chi connectivity index (χ1n) is 5.72. The van der Waals surface area contributed by atoms with E-state index in [0.29, 0.717) is 5.56 Å². The van der Waals surface area contributed by atoms with Gasteiger partial charge in [-0.3, -0.25) is 9.59 Å². The zero-order valence-corrected chi connectivity index (χ0v) is 10.4. The summed E-state index contributed by atoms with van der Waals surface area (Å²) in [4.78, 5) is 23.0. The molecule has 0 atom stereocenters. The van der Waals surface area contributed by atoms with Crippen LogP contribution in [-0.4, -0.2) is 16.7 Å². The van der Waals surface area contributed by atoms with Crippen molar-refractivity contribution in [3.8, 4) is 0 Å². The molecular weight excluding hydrogens is 242 g/mol. The van der Waals surface area contributed by atoms with Crippen molar-refractivity contribution in [2.45, 2.75) is 0 Å². The molecule has 0 saturated carbocycles. The van der Waals surface area contributed by atoms with Gasteiger partial charge in [0.2, 0.25) is 5.56 Å². The van der Waals surface area contributed by atoms with E-state index in [1.54, 1.807) is 13.3 Å². The van der Waals surface area contributed by atoms with E-state index in [2.05, 4.69) is 10.5 Å². The highest BCUT2D eigenvalue weighted by molar-refractivity contribution is 5.94. The van der Waals surface area contributed by atoms with Crippen molar-refractivity contribution in [3.05, 3.63) is 70.1 Å². The number of rotatable bonds is 3. The van der Waals surface area contributed by atoms with Crippen LogP contribution in [0.4, 0.5) is 0 Å². The van der Waals surface area contributed by atoms with Gasteiger partial charge >= 0.3 is 0 Å². The maximum Gasteiger partial charge on any atom is 0.272 e. The Hall–Kier alpha value is -2.69. The molecule has 1 aromatic carbocycles. The van der Waals surface area contributed by atoms with Crippen molar-refractivity contribution >= 4 is 12.1 Å². The van der Waals surface area contributed by atoms with Crippen LogP contribution < -0.4 is 11.0 Å². The molecule has 0 aliphatic heterocycles. The molecule has 1 aromatic heterocycles. The molecule has 19 heavy (non-hydrogen) atoms. The van der Waals surface area contributed by atoms with E-state index in [-0.39, 0.29) is 11.5 Å². The highest BCUT2D eigenvalue weighted by Crippen LogP contribution is 1.96. The summed E-state index contributed by atoms with van der Waals surface area (Å²) in [5.41, 5.74) is 3.52. The highest BCUT2D eigenvalue weighted by atomic mass is 16.2. The second kappa shape index (κ2) is 5.77. The number of hydrogen-bond acceptors (Lipinski definition) is 3. The molecule has 96 valence electrons. The number of carbonyl (C=O) groups excluding carboxylic acids is 1. The van der Waals surface area contributed by atoms with Gasteiger partial charge in [-0.15, -0.1) is 0 Å². The SMILES string of the molecule is Cn1cc(C(=O)N/N=C\c2ccccc2)ccc1=O. The van der Waals surface area contributed by atoms with E-state index in [4.69, 9.17) is 0 Å². The van der Waals surface area contributed by atoms with Crippen LogP contribution in [0.15, 0.2) is 58.6 Å². The number of amides is 1. The van der Waals surface area contributed by atoms with Gasteiger partial charge in [-0.25, -0.2) is 5.43 Å². The molecule has 5 nitrogen and oxygen atoms in total. The summed E-state index contributed by atoms with van der Waals surface area (Å²) in [6.07, 6.45) is 3.02. The minimum absolute atomic E-state index is 0.163. The molecule has 0 spiro atoms. The summed E-state index contributed by atoms with van der Waals surface area (Å²) in [6.45, 7) is 0. The van der Waals surface area contributed by atoms with E-state index in [1.165, 1.54) is 22.9 Å². The predicted octanol–water partition coefficient (Wildman–Crippen LogP) is 1.15. The Bertz CT molecular complexity index is 660. The Kier molecular flexibility index (Phi) is 3.87. The molecule has 1 heterocycles. The largest absolute Gasteiger partial charge is 0.318 e. The summed E-state index contributed by atoms with van der Waals surface area (Å²) in [5, 5.41) is 3.86. The summed E-state index contributed by atoms with van der Waals surface area (Å²) in [5.74, 6) is -0.359. The molecule has 0 aliphatic carbocycles. The fourth-order valence-corrected chi connectivity index (χ4v) is 1.50. The third-order valence-corrected chi connectivity index (χ3v) is 2.53. The summed E-state index contributed by atoms with van der Waals surface area (Å²) in [6, 6.07) is 12.2. The lowest BCUT2D eigenvalue weighted by atomic mass is 10.2. The van der Waals surface area contributed by atoms with E-state index in [1.807, 2.05) is 30.3 Å². The molecular formula is C14H13N3O2. The van der Waals surface area contributed by atoms with Crippen molar-refractivity contribution in [2.75, 3.05) is 0 Å². The maximum atomic E-state index is 11.8. The fraction of sp³-hybridized carbons (Fsp3) is 0.0714. The van der Waals surface area contributed by atoms with Gasteiger partial charge in [0.25, 0.3) is 5.91 Å². The van der Waals surface area contributed by atoms with Gasteiger partial charge in [-0.2, -0.15) is 5.10 Å². The first kappa shape index (κ1) is 12.8. The lowest BCUT2D eigenvalue weighted by Crippen LogP contribution is -2.22. The van der Waals surface area contributed by atoms with E-state index in [9.17, 15) is 9.59 Å². The van der Waals surface area contributed by atoms with Crippen LogP contribution in [0, 0.1) is 0 Å². The Morgan fingerprint density at radius 2 is 1.95 bits per heavy atom. The number of benzene rings is 1. The second-order valence-corrected chi connectivity index (χ2v) is 3.98. The number of carbonyl (C=O) groups is 1. The zero-order valence-electron chi connectivity index (χ0n) is 10.4. The minimum atomic E-state index is -0.359. The third kappa shape index (κ3) is 3.38. The van der Waals surface area contributed by atoms with Crippen LogP contribution in [0.1, 0.15) is 15.9 Å². The summed E-state index contributed by atoms with van der Waals surface area (Å²) < 4.78 is 1.34. The van der Waals surface area contributed by atoms with Crippen molar-refractivity contribution in [1.82, 2.24) is 9.99 Å². The van der Waals surface area contributed by atoms with Crippen LogP contribution in [0.3, 0.4) is 0 Å². The molecule has 0 fully saturated rings. The Labute approximate surface area is 110 Å². The Balaban J connectivity index is 2.03. The zero-order chi connectivity index (χ0) is 13.7. The Morgan fingerprint density at radius 1 is 1.21 bits per heavy atom. The van der Waals surface area contributed by atoms with Gasteiger partial charge < -0.3 is 4.57 Å². The molecule has 0 bridgehead atoms. The van der Waals surface area contributed by atoms with Crippen LogP contribution in [-0.2, 0) is 7.05 Å². The standard InChI is InChI=1S/C14H13N3O2/c1-17-10-12(7-8-13(17)18)14(19)16-15-9-11-5-3-2-4-6-11/h2-10H,1H3,(H,16,19)/b15-9-. The number of nitrogens with one attached hydrogen (secondary N) is 1. The van der Waals surface area contributed by atoms with Gasteiger partial charge in [0.05, 0.1) is 11.8 Å². The molecule has 0 radical (unpaired) electrons. The average molecular weight is 255 g/mol. The molecule has 0 saturated heterocycles. The van der Waals surface area contributed by atoms with Gasteiger partial charge in [-0.1, -0.05) is 30.3 Å². The first-order valence-corrected chi connectivity index (χ1v) is 5.72. The number of hydrogen-bond donors (Lipinski definition) is 1. The number of nitrogens with zero attached hydrogens (tertiary/aromatic N) is 2. The fourth-order valence-electron chi connectivity index (χ4n) is 1.50. The molecule has 5 heteroatoms. The van der Waals surface area contributed by atoms with Crippen molar-refractivity contribution < 1.29 is 4.79 Å². The van der Waals surface area contributed by atoms with E-state index in [0.717, 1.165) is 5.56 Å². The lowest BCUT2D eigenvalue weighted by Gasteiger charge is -2.01. The number of pyridine rings is 1. The molecule has 1 amide bonds. The topological polar surface area (TPSA) is 63.5 Å². The van der Waals surface area contributed by atoms with Gasteiger partial charge in [0.15, 0.2) is 0 Å². The van der Waals surface area contributed by atoms with Crippen LogP contribution in [0.5, 0.6) is 0 Å². The first-order chi connectivity index (χ1) is 9.16. The number of aromatic nitrogens is 1. The van der Waals surface area contributed by atoms with Crippen LogP contribution in [0.2, 0.25) is 0 Å². The predicted molar refractivity (Wildman–Crippen MR) is 73.2 cm³/mol. The minimum Gasteiger partial charge on any atom is -0.318 e. The summed E-state index contributed by atoms with van der Waals surface area (Å²) in [7, 11) is 1.59. The monoisotopic (exact) mass is 255 g/mol. The number of hydrazone groups is 1. The Morgan fingerprint density at radius 3 is 2.63 bits per heavy atom. The molecule has 0 aliphatic rings. The van der Waals surface area contributed by atoms with Crippen molar-refractivity contribution in [3.63, 3.8) is 0 Å². The smallest absolute Gasteiger partial charge is 0.272 e. The van der Waals surface area contributed by atoms with Gasteiger partial charge in [-0.05, 0) is 11.6 Å². The van der Waals surface area contributed by atoms with Crippen LogP contribution >= 0.6 is 0 Å². The molecule has 0 unspecified atom stereocenters. The lowest BCUT2D eigenvalue weighted by molar-refractivity contribution is 0.0954. The van der Waals surface area contributed by atoms with E-state index < -0.39 is 0 Å². The van der Waals surface area contributed by atoms with E-state index >= 15 is 0 Å². The van der Waals surface area contributed by atoms with Crippen LogP contribution in [0.25, 0.3) is 0 Å².